The van der Waals surface area contributed by atoms with E-state index >= 15 is 0 Å². The van der Waals surface area contributed by atoms with Crippen molar-refractivity contribution < 1.29 is 13.7 Å². The van der Waals surface area contributed by atoms with Crippen LogP contribution in [-0.2, 0) is 22.3 Å². The molecule has 2 rings (SSSR count). The van der Waals surface area contributed by atoms with Crippen molar-refractivity contribution in [3.8, 4) is 0 Å². The highest BCUT2D eigenvalue weighted by Gasteiger charge is 2.14. The maximum Gasteiger partial charge on any atom is 0.337 e. The largest absolute Gasteiger partial charge is 0.465 e. The first-order valence-corrected chi connectivity index (χ1v) is 7.67. The number of nitrogens with zero attached hydrogens (tertiary/aromatic N) is 2. The zero-order chi connectivity index (χ0) is 14.9. The van der Waals surface area contributed by atoms with E-state index in [2.05, 4.69) is 0 Å². The van der Waals surface area contributed by atoms with Crippen LogP contribution in [-0.4, -0.2) is 46.5 Å². The van der Waals surface area contributed by atoms with E-state index in [4.69, 9.17) is 4.74 Å². The first kappa shape index (κ1) is 14.7. The van der Waals surface area contributed by atoms with E-state index < -0.39 is 11.0 Å². The summed E-state index contributed by atoms with van der Waals surface area (Å²) in [7, 11) is 4.13. The minimum absolute atomic E-state index is 0.369. The molecular formula is C14H18N2O3S. The molecule has 20 heavy (non-hydrogen) atoms. The molecule has 0 aliphatic carbocycles. The van der Waals surface area contributed by atoms with E-state index in [1.54, 1.807) is 22.4 Å². The molecule has 1 unspecified atom stereocenters. The van der Waals surface area contributed by atoms with Gasteiger partial charge in [-0.15, -0.1) is 0 Å². The van der Waals surface area contributed by atoms with Crippen molar-refractivity contribution >= 4 is 27.9 Å². The Kier molecular flexibility index (Phi) is 4.25. The Morgan fingerprint density at radius 2 is 2.05 bits per heavy atom. The summed E-state index contributed by atoms with van der Waals surface area (Å²) >= 11 is 0. The van der Waals surface area contributed by atoms with Crippen molar-refractivity contribution in [1.29, 1.82) is 0 Å². The number of carbonyl (C=O) groups is 1. The van der Waals surface area contributed by atoms with Gasteiger partial charge in [0.2, 0.25) is 0 Å². The summed E-state index contributed by atoms with van der Waals surface area (Å²) in [6.07, 6.45) is 1.65. The van der Waals surface area contributed by atoms with Crippen LogP contribution < -0.4 is 0 Å². The van der Waals surface area contributed by atoms with E-state index in [1.807, 2.05) is 31.1 Å². The normalized spacial score (nSPS) is 12.8. The van der Waals surface area contributed by atoms with Crippen molar-refractivity contribution in [1.82, 2.24) is 8.87 Å². The smallest absolute Gasteiger partial charge is 0.337 e. The molecule has 0 fully saturated rings. The second-order valence-electron chi connectivity index (χ2n) is 4.86. The van der Waals surface area contributed by atoms with Crippen molar-refractivity contribution in [2.24, 2.45) is 0 Å². The van der Waals surface area contributed by atoms with Gasteiger partial charge in [-0.2, -0.15) is 0 Å². The van der Waals surface area contributed by atoms with E-state index in [1.165, 1.54) is 7.11 Å². The molecule has 108 valence electrons. The monoisotopic (exact) mass is 294 g/mol. The Balaban J connectivity index is 2.60. The molecule has 1 heterocycles. The predicted molar refractivity (Wildman–Crippen MR) is 80.1 cm³/mol. The summed E-state index contributed by atoms with van der Waals surface area (Å²) in [5.41, 5.74) is 2.30. The molecule has 0 radical (unpaired) electrons. The predicted octanol–water partition coefficient (Wildman–Crippen LogP) is 1.63. The van der Waals surface area contributed by atoms with Gasteiger partial charge in [-0.1, -0.05) is 0 Å². The SMILES string of the molecule is COC(=O)c1ccc2c(c1)cc(CN(C)C)n2S(C)=O. The average molecular weight is 294 g/mol. The van der Waals surface area contributed by atoms with Crippen LogP contribution in [0.15, 0.2) is 24.3 Å². The summed E-state index contributed by atoms with van der Waals surface area (Å²) in [6, 6.07) is 7.23. The summed E-state index contributed by atoms with van der Waals surface area (Å²) < 4.78 is 18.5. The molecule has 1 atom stereocenters. The van der Waals surface area contributed by atoms with Gasteiger partial charge in [0.1, 0.15) is 11.0 Å². The highest BCUT2D eigenvalue weighted by Crippen LogP contribution is 2.23. The molecule has 0 aliphatic rings. The lowest BCUT2D eigenvalue weighted by Crippen LogP contribution is -2.15. The van der Waals surface area contributed by atoms with Gasteiger partial charge in [0, 0.05) is 23.9 Å². The van der Waals surface area contributed by atoms with Crippen molar-refractivity contribution in [2.75, 3.05) is 27.5 Å². The van der Waals surface area contributed by atoms with Gasteiger partial charge in [0.25, 0.3) is 0 Å². The molecule has 0 spiro atoms. The van der Waals surface area contributed by atoms with Crippen molar-refractivity contribution in [3.63, 3.8) is 0 Å². The average Bonchev–Trinajstić information content (AvgIpc) is 2.73. The lowest BCUT2D eigenvalue weighted by atomic mass is 10.1. The van der Waals surface area contributed by atoms with Crippen LogP contribution in [0.4, 0.5) is 0 Å². The molecule has 2 aromatic rings. The molecule has 0 N–H and O–H groups in total. The van der Waals surface area contributed by atoms with Crippen LogP contribution >= 0.6 is 0 Å². The number of hydrogen-bond donors (Lipinski definition) is 0. The number of rotatable bonds is 4. The lowest BCUT2D eigenvalue weighted by Gasteiger charge is -2.11. The molecular weight excluding hydrogens is 276 g/mol. The van der Waals surface area contributed by atoms with Gasteiger partial charge in [-0.05, 0) is 38.4 Å². The van der Waals surface area contributed by atoms with Gasteiger partial charge < -0.3 is 9.64 Å². The number of fused-ring (bicyclic) bond motifs is 1. The summed E-state index contributed by atoms with van der Waals surface area (Å²) in [4.78, 5) is 13.6. The van der Waals surface area contributed by atoms with E-state index in [-0.39, 0.29) is 5.97 Å². The molecule has 1 aromatic heterocycles. The van der Waals surface area contributed by atoms with E-state index in [9.17, 15) is 9.00 Å². The van der Waals surface area contributed by atoms with Gasteiger partial charge in [-0.25, -0.2) is 9.00 Å². The summed E-state index contributed by atoms with van der Waals surface area (Å²) in [6.45, 7) is 0.682. The Bertz CT molecular complexity index is 676. The summed E-state index contributed by atoms with van der Waals surface area (Å²) in [5, 5.41) is 0.889. The minimum atomic E-state index is -1.15. The molecule has 0 saturated carbocycles. The third kappa shape index (κ3) is 2.76. The van der Waals surface area contributed by atoms with Crippen LogP contribution in [0.1, 0.15) is 16.1 Å². The standard InChI is InChI=1S/C14H18N2O3S/c1-15(2)9-12-8-11-7-10(14(17)19-3)5-6-13(11)16(12)20(4)18/h5-8H,9H2,1-4H3. The molecule has 0 amide bonds. The number of hydrogen-bond acceptors (Lipinski definition) is 4. The molecule has 5 nitrogen and oxygen atoms in total. The van der Waals surface area contributed by atoms with E-state index in [0.717, 1.165) is 16.6 Å². The Hall–Kier alpha value is -1.66. The minimum Gasteiger partial charge on any atom is -0.465 e. The number of esters is 1. The number of aromatic nitrogens is 1. The van der Waals surface area contributed by atoms with Gasteiger partial charge in [-0.3, -0.25) is 3.97 Å². The van der Waals surface area contributed by atoms with Crippen LogP contribution in [0.5, 0.6) is 0 Å². The quantitative estimate of drug-likeness (QED) is 0.804. The van der Waals surface area contributed by atoms with Gasteiger partial charge in [0.05, 0.1) is 18.2 Å². The lowest BCUT2D eigenvalue weighted by molar-refractivity contribution is 0.0601. The molecule has 1 aromatic carbocycles. The second kappa shape index (κ2) is 5.76. The number of methoxy groups -OCH3 is 1. The van der Waals surface area contributed by atoms with E-state index in [0.29, 0.717) is 12.1 Å². The molecule has 6 heteroatoms. The fourth-order valence-electron chi connectivity index (χ4n) is 2.23. The zero-order valence-electron chi connectivity index (χ0n) is 12.0. The van der Waals surface area contributed by atoms with Crippen LogP contribution in [0, 0.1) is 0 Å². The first-order valence-electron chi connectivity index (χ1n) is 6.15. The highest BCUT2D eigenvalue weighted by atomic mass is 32.2. The Morgan fingerprint density at radius 1 is 1.35 bits per heavy atom. The number of carbonyl (C=O) groups excluding carboxylic acids is 1. The molecule has 0 bridgehead atoms. The Labute approximate surface area is 120 Å². The maximum absolute atomic E-state index is 12.0. The van der Waals surface area contributed by atoms with Crippen molar-refractivity contribution in [3.05, 3.63) is 35.5 Å². The topological polar surface area (TPSA) is 51.5 Å². The Morgan fingerprint density at radius 3 is 2.60 bits per heavy atom. The van der Waals surface area contributed by atoms with Crippen molar-refractivity contribution in [2.45, 2.75) is 6.54 Å². The molecule has 0 saturated heterocycles. The third-order valence-corrected chi connectivity index (χ3v) is 3.93. The maximum atomic E-state index is 12.0. The van der Waals surface area contributed by atoms with Gasteiger partial charge >= 0.3 is 5.97 Å². The number of ether oxygens (including phenoxy) is 1. The second-order valence-corrected chi connectivity index (χ2v) is 6.07. The van der Waals surface area contributed by atoms with Crippen LogP contribution in [0.25, 0.3) is 10.9 Å². The number of benzene rings is 1. The first-order chi connectivity index (χ1) is 9.43. The third-order valence-electron chi connectivity index (χ3n) is 2.99. The zero-order valence-corrected chi connectivity index (χ0v) is 12.9. The fourth-order valence-corrected chi connectivity index (χ4v) is 3.11. The molecule has 0 aliphatic heterocycles. The van der Waals surface area contributed by atoms with Crippen LogP contribution in [0.3, 0.4) is 0 Å². The fraction of sp³-hybridized carbons (Fsp3) is 0.357. The van der Waals surface area contributed by atoms with Gasteiger partial charge in [0.15, 0.2) is 0 Å². The highest BCUT2D eigenvalue weighted by molar-refractivity contribution is 7.82. The van der Waals surface area contributed by atoms with Crippen LogP contribution in [0.2, 0.25) is 0 Å². The summed E-state index contributed by atoms with van der Waals surface area (Å²) in [5.74, 6) is -0.369.